The van der Waals surface area contributed by atoms with E-state index in [2.05, 4.69) is 5.32 Å². The first-order valence-electron chi connectivity index (χ1n) is 5.21. The van der Waals surface area contributed by atoms with Gasteiger partial charge in [0.2, 0.25) is 0 Å². The number of rotatable bonds is 4. The second kappa shape index (κ2) is 5.50. The maximum absolute atomic E-state index is 9.39. The fourth-order valence-corrected chi connectivity index (χ4v) is 1.75. The molecule has 3 heteroatoms. The van der Waals surface area contributed by atoms with E-state index in [9.17, 15) is 5.11 Å². The highest BCUT2D eigenvalue weighted by Gasteiger charge is 2.14. The Kier molecular flexibility index (Phi) is 4.58. The Labute approximate surface area is 96.3 Å². The summed E-state index contributed by atoms with van der Waals surface area (Å²) >= 11 is 6.08. The highest BCUT2D eigenvalue weighted by molar-refractivity contribution is 6.31. The molecule has 0 spiro atoms. The van der Waals surface area contributed by atoms with E-state index >= 15 is 0 Å². The zero-order valence-electron chi connectivity index (χ0n) is 9.37. The molecule has 2 N–H and O–H groups in total. The molecule has 15 heavy (non-hydrogen) atoms. The Bertz CT molecular complexity index is 314. The van der Waals surface area contributed by atoms with E-state index in [-0.39, 0.29) is 18.2 Å². The van der Waals surface area contributed by atoms with Crippen molar-refractivity contribution in [1.82, 2.24) is 5.32 Å². The third-order valence-electron chi connectivity index (χ3n) is 2.61. The van der Waals surface area contributed by atoms with Crippen LogP contribution in [0.4, 0.5) is 0 Å². The SMILES string of the molecule is CC(NC(C)C(C)O)c1ccccc1Cl. The third-order valence-corrected chi connectivity index (χ3v) is 2.95. The first-order chi connectivity index (χ1) is 7.02. The number of halogens is 1. The minimum absolute atomic E-state index is 0.0521. The van der Waals surface area contributed by atoms with Gasteiger partial charge in [-0.05, 0) is 32.4 Å². The molecule has 0 aliphatic heterocycles. The van der Waals surface area contributed by atoms with Gasteiger partial charge < -0.3 is 10.4 Å². The summed E-state index contributed by atoms with van der Waals surface area (Å²) in [6, 6.07) is 7.94. The molecule has 0 saturated heterocycles. The van der Waals surface area contributed by atoms with Crippen LogP contribution in [0.2, 0.25) is 5.02 Å². The van der Waals surface area contributed by atoms with E-state index in [0.717, 1.165) is 10.6 Å². The molecule has 3 unspecified atom stereocenters. The van der Waals surface area contributed by atoms with Gasteiger partial charge in [-0.15, -0.1) is 0 Å². The molecule has 0 heterocycles. The van der Waals surface area contributed by atoms with E-state index in [0.29, 0.717) is 0 Å². The molecule has 0 radical (unpaired) electrons. The summed E-state index contributed by atoms with van der Waals surface area (Å²) in [6.45, 7) is 5.77. The van der Waals surface area contributed by atoms with Crippen LogP contribution >= 0.6 is 11.6 Å². The summed E-state index contributed by atoms with van der Waals surface area (Å²) in [5.41, 5.74) is 1.06. The van der Waals surface area contributed by atoms with Gasteiger partial charge in [0.1, 0.15) is 0 Å². The fourth-order valence-electron chi connectivity index (χ4n) is 1.45. The Morgan fingerprint density at radius 3 is 2.33 bits per heavy atom. The average molecular weight is 228 g/mol. The Morgan fingerprint density at radius 2 is 1.80 bits per heavy atom. The fraction of sp³-hybridized carbons (Fsp3) is 0.500. The number of nitrogens with one attached hydrogen (secondary N) is 1. The molecule has 3 atom stereocenters. The number of hydrogen-bond acceptors (Lipinski definition) is 2. The topological polar surface area (TPSA) is 32.3 Å². The lowest BCUT2D eigenvalue weighted by Crippen LogP contribution is -2.37. The minimum atomic E-state index is -0.366. The zero-order valence-corrected chi connectivity index (χ0v) is 10.1. The second-order valence-corrected chi connectivity index (χ2v) is 4.35. The summed E-state index contributed by atoms with van der Waals surface area (Å²) in [6.07, 6.45) is -0.366. The summed E-state index contributed by atoms with van der Waals surface area (Å²) < 4.78 is 0. The molecular formula is C12H18ClNO. The molecule has 1 aromatic rings. The monoisotopic (exact) mass is 227 g/mol. The first-order valence-corrected chi connectivity index (χ1v) is 5.58. The maximum Gasteiger partial charge on any atom is 0.0662 e. The molecule has 1 aromatic carbocycles. The number of aliphatic hydroxyl groups is 1. The van der Waals surface area contributed by atoms with Gasteiger partial charge in [0.05, 0.1) is 6.10 Å². The van der Waals surface area contributed by atoms with Gasteiger partial charge in [-0.2, -0.15) is 0 Å². The standard InChI is InChI=1S/C12H18ClNO/c1-8(10(3)15)14-9(2)11-6-4-5-7-12(11)13/h4-10,14-15H,1-3H3. The van der Waals surface area contributed by atoms with Crippen LogP contribution < -0.4 is 5.32 Å². The highest BCUT2D eigenvalue weighted by Crippen LogP contribution is 2.22. The van der Waals surface area contributed by atoms with Gasteiger partial charge in [0, 0.05) is 17.1 Å². The molecule has 2 nitrogen and oxygen atoms in total. The van der Waals surface area contributed by atoms with Crippen molar-refractivity contribution in [2.45, 2.75) is 39.0 Å². The highest BCUT2D eigenvalue weighted by atomic mass is 35.5. The number of aliphatic hydroxyl groups excluding tert-OH is 1. The van der Waals surface area contributed by atoms with E-state index in [4.69, 9.17) is 11.6 Å². The van der Waals surface area contributed by atoms with Crippen LogP contribution in [0.5, 0.6) is 0 Å². The largest absolute Gasteiger partial charge is 0.392 e. The smallest absolute Gasteiger partial charge is 0.0662 e. The summed E-state index contributed by atoms with van der Waals surface area (Å²) in [7, 11) is 0. The normalized spacial score (nSPS) is 17.1. The molecule has 1 rings (SSSR count). The number of hydrogen-bond donors (Lipinski definition) is 2. The van der Waals surface area contributed by atoms with Crippen LogP contribution in [-0.2, 0) is 0 Å². The number of benzene rings is 1. The van der Waals surface area contributed by atoms with Crippen LogP contribution in [0.1, 0.15) is 32.4 Å². The Morgan fingerprint density at radius 1 is 1.20 bits per heavy atom. The van der Waals surface area contributed by atoms with Crippen molar-refractivity contribution in [2.75, 3.05) is 0 Å². The van der Waals surface area contributed by atoms with Crippen molar-refractivity contribution >= 4 is 11.6 Å². The molecular weight excluding hydrogens is 210 g/mol. The molecule has 0 saturated carbocycles. The van der Waals surface area contributed by atoms with Gasteiger partial charge in [-0.1, -0.05) is 29.8 Å². The molecule has 84 valence electrons. The van der Waals surface area contributed by atoms with Crippen molar-refractivity contribution in [3.8, 4) is 0 Å². The quantitative estimate of drug-likeness (QED) is 0.829. The lowest BCUT2D eigenvalue weighted by molar-refractivity contribution is 0.147. The summed E-state index contributed by atoms with van der Waals surface area (Å²) in [5, 5.41) is 13.5. The van der Waals surface area contributed by atoms with Crippen molar-refractivity contribution in [2.24, 2.45) is 0 Å². The van der Waals surface area contributed by atoms with Crippen molar-refractivity contribution in [3.63, 3.8) is 0 Å². The van der Waals surface area contributed by atoms with Gasteiger partial charge >= 0.3 is 0 Å². The molecule has 0 amide bonds. The van der Waals surface area contributed by atoms with Crippen molar-refractivity contribution in [1.29, 1.82) is 0 Å². The van der Waals surface area contributed by atoms with Crippen LogP contribution in [0.3, 0.4) is 0 Å². The first kappa shape index (κ1) is 12.5. The van der Waals surface area contributed by atoms with E-state index in [1.165, 1.54) is 0 Å². The third kappa shape index (κ3) is 3.49. The maximum atomic E-state index is 9.39. The van der Waals surface area contributed by atoms with Crippen molar-refractivity contribution in [3.05, 3.63) is 34.9 Å². The summed E-state index contributed by atoms with van der Waals surface area (Å²) in [4.78, 5) is 0. The minimum Gasteiger partial charge on any atom is -0.392 e. The van der Waals surface area contributed by atoms with Gasteiger partial charge in [0.25, 0.3) is 0 Å². The van der Waals surface area contributed by atoms with E-state index in [1.807, 2.05) is 38.1 Å². The van der Waals surface area contributed by atoms with Crippen LogP contribution in [0.15, 0.2) is 24.3 Å². The lowest BCUT2D eigenvalue weighted by atomic mass is 10.1. The van der Waals surface area contributed by atoms with Gasteiger partial charge in [-0.25, -0.2) is 0 Å². The molecule has 0 aliphatic carbocycles. The Hall–Kier alpha value is -0.570. The lowest BCUT2D eigenvalue weighted by Gasteiger charge is -2.23. The van der Waals surface area contributed by atoms with E-state index < -0.39 is 0 Å². The summed E-state index contributed by atoms with van der Waals surface area (Å²) in [5.74, 6) is 0. The zero-order chi connectivity index (χ0) is 11.4. The van der Waals surface area contributed by atoms with Crippen LogP contribution in [-0.4, -0.2) is 17.3 Å². The van der Waals surface area contributed by atoms with Gasteiger partial charge in [0.15, 0.2) is 0 Å². The van der Waals surface area contributed by atoms with Crippen molar-refractivity contribution < 1.29 is 5.11 Å². The van der Waals surface area contributed by atoms with Crippen LogP contribution in [0.25, 0.3) is 0 Å². The Balaban J connectivity index is 2.69. The van der Waals surface area contributed by atoms with E-state index in [1.54, 1.807) is 6.92 Å². The van der Waals surface area contributed by atoms with Gasteiger partial charge in [-0.3, -0.25) is 0 Å². The van der Waals surface area contributed by atoms with Crippen LogP contribution in [0, 0.1) is 0 Å². The predicted molar refractivity (Wildman–Crippen MR) is 64.1 cm³/mol. The predicted octanol–water partition coefficient (Wildman–Crippen LogP) is 2.76. The second-order valence-electron chi connectivity index (χ2n) is 3.94. The molecule has 0 bridgehead atoms. The molecule has 0 aliphatic rings. The average Bonchev–Trinajstić information content (AvgIpc) is 2.18. The molecule has 0 aromatic heterocycles. The molecule has 0 fully saturated rings.